The predicted molar refractivity (Wildman–Crippen MR) is 74.1 cm³/mol. The highest BCUT2D eigenvalue weighted by Gasteiger charge is 2.10. The first-order valence-electron chi connectivity index (χ1n) is 5.97. The number of hydrogen-bond acceptors (Lipinski definition) is 3. The summed E-state index contributed by atoms with van der Waals surface area (Å²) in [4.78, 5) is 11.3. The van der Waals surface area contributed by atoms with Crippen LogP contribution in [-0.2, 0) is 6.54 Å². The van der Waals surface area contributed by atoms with E-state index in [1.54, 1.807) is 12.1 Å². The first-order chi connectivity index (χ1) is 9.10. The highest BCUT2D eigenvalue weighted by molar-refractivity contribution is 5.95. The van der Waals surface area contributed by atoms with Crippen molar-refractivity contribution < 1.29 is 9.53 Å². The lowest BCUT2D eigenvalue weighted by atomic mass is 10.1. The van der Waals surface area contributed by atoms with Crippen LogP contribution in [0.4, 0.5) is 0 Å². The maximum atomic E-state index is 11.3. The number of nitrogens with two attached hydrogens (primary N) is 2. The van der Waals surface area contributed by atoms with Crippen LogP contribution in [0.2, 0.25) is 0 Å². The van der Waals surface area contributed by atoms with Gasteiger partial charge in [-0.15, -0.1) is 0 Å². The summed E-state index contributed by atoms with van der Waals surface area (Å²) in [7, 11) is 0. The van der Waals surface area contributed by atoms with Gasteiger partial charge < -0.3 is 16.2 Å². The number of carbonyl (C=O) groups is 1. The molecule has 0 aliphatic heterocycles. The third-order valence-corrected chi connectivity index (χ3v) is 2.79. The number of primary amides is 1. The molecular weight excluding hydrogens is 240 g/mol. The van der Waals surface area contributed by atoms with Gasteiger partial charge in [-0.1, -0.05) is 18.2 Å². The second kappa shape index (κ2) is 5.54. The van der Waals surface area contributed by atoms with Crippen LogP contribution in [0.5, 0.6) is 11.5 Å². The Balaban J connectivity index is 2.31. The van der Waals surface area contributed by atoms with Crippen molar-refractivity contribution in [2.24, 2.45) is 11.5 Å². The molecule has 4 N–H and O–H groups in total. The van der Waals surface area contributed by atoms with E-state index in [-0.39, 0.29) is 0 Å². The lowest BCUT2D eigenvalue weighted by molar-refractivity contribution is 0.0998. The third kappa shape index (κ3) is 3.11. The molecule has 1 amide bonds. The fraction of sp³-hybridized carbons (Fsp3) is 0.133. The molecule has 0 bridgehead atoms. The lowest BCUT2D eigenvalue weighted by Crippen LogP contribution is -2.12. The maximum absolute atomic E-state index is 11.3. The van der Waals surface area contributed by atoms with Crippen LogP contribution in [0, 0.1) is 6.92 Å². The largest absolute Gasteiger partial charge is 0.457 e. The van der Waals surface area contributed by atoms with E-state index < -0.39 is 5.91 Å². The van der Waals surface area contributed by atoms with E-state index in [2.05, 4.69) is 0 Å². The van der Waals surface area contributed by atoms with Crippen molar-refractivity contribution in [2.45, 2.75) is 13.5 Å². The van der Waals surface area contributed by atoms with Gasteiger partial charge in [-0.05, 0) is 42.3 Å². The van der Waals surface area contributed by atoms with Gasteiger partial charge in [-0.2, -0.15) is 0 Å². The molecule has 0 saturated carbocycles. The van der Waals surface area contributed by atoms with Gasteiger partial charge >= 0.3 is 0 Å². The molecule has 0 heterocycles. The summed E-state index contributed by atoms with van der Waals surface area (Å²) < 4.78 is 5.71. The van der Waals surface area contributed by atoms with Crippen molar-refractivity contribution in [1.29, 1.82) is 0 Å². The molecule has 0 unspecified atom stereocenters. The SMILES string of the molecule is Cc1ccc(C(N)=O)c(Oc2ccc(CN)cc2)c1. The number of carbonyl (C=O) groups excluding carboxylic acids is 1. The molecule has 0 radical (unpaired) electrons. The second-order valence-electron chi connectivity index (χ2n) is 4.31. The Morgan fingerprint density at radius 3 is 2.42 bits per heavy atom. The third-order valence-electron chi connectivity index (χ3n) is 2.79. The van der Waals surface area contributed by atoms with E-state index in [1.807, 2.05) is 37.3 Å². The van der Waals surface area contributed by atoms with Crippen molar-refractivity contribution >= 4 is 5.91 Å². The lowest BCUT2D eigenvalue weighted by Gasteiger charge is -2.10. The predicted octanol–water partition coefficient (Wildman–Crippen LogP) is 2.34. The monoisotopic (exact) mass is 256 g/mol. The number of amides is 1. The van der Waals surface area contributed by atoms with Gasteiger partial charge in [0, 0.05) is 6.54 Å². The molecule has 0 atom stereocenters. The number of benzene rings is 2. The molecule has 2 aromatic rings. The molecule has 4 nitrogen and oxygen atoms in total. The summed E-state index contributed by atoms with van der Waals surface area (Å²) in [5.74, 6) is 0.604. The van der Waals surface area contributed by atoms with Crippen LogP contribution < -0.4 is 16.2 Å². The average molecular weight is 256 g/mol. The van der Waals surface area contributed by atoms with Gasteiger partial charge in [0.2, 0.25) is 0 Å². The van der Waals surface area contributed by atoms with E-state index in [1.165, 1.54) is 0 Å². The highest BCUT2D eigenvalue weighted by Crippen LogP contribution is 2.26. The minimum atomic E-state index is -0.506. The van der Waals surface area contributed by atoms with Crippen LogP contribution >= 0.6 is 0 Å². The maximum Gasteiger partial charge on any atom is 0.252 e. The first-order valence-corrected chi connectivity index (χ1v) is 5.97. The van der Waals surface area contributed by atoms with Crippen LogP contribution in [0.15, 0.2) is 42.5 Å². The summed E-state index contributed by atoms with van der Waals surface area (Å²) in [5, 5.41) is 0. The Morgan fingerprint density at radius 1 is 1.16 bits per heavy atom. The van der Waals surface area contributed by atoms with Crippen LogP contribution in [0.25, 0.3) is 0 Å². The minimum Gasteiger partial charge on any atom is -0.457 e. The normalized spacial score (nSPS) is 10.2. The zero-order valence-corrected chi connectivity index (χ0v) is 10.7. The van der Waals surface area contributed by atoms with E-state index in [9.17, 15) is 4.79 Å². The van der Waals surface area contributed by atoms with E-state index >= 15 is 0 Å². The fourth-order valence-electron chi connectivity index (χ4n) is 1.74. The molecule has 0 aliphatic rings. The summed E-state index contributed by atoms with van der Waals surface area (Å²) in [6.07, 6.45) is 0. The van der Waals surface area contributed by atoms with Gasteiger partial charge in [-0.3, -0.25) is 4.79 Å². The minimum absolute atomic E-state index is 0.369. The van der Waals surface area contributed by atoms with Crippen molar-refractivity contribution in [3.8, 4) is 11.5 Å². The number of hydrogen-bond donors (Lipinski definition) is 2. The fourth-order valence-corrected chi connectivity index (χ4v) is 1.74. The Morgan fingerprint density at radius 2 is 1.84 bits per heavy atom. The summed E-state index contributed by atoms with van der Waals surface area (Å²) in [6.45, 7) is 2.41. The molecule has 0 saturated heterocycles. The van der Waals surface area contributed by atoms with E-state index in [4.69, 9.17) is 16.2 Å². The van der Waals surface area contributed by atoms with Crippen molar-refractivity contribution in [2.75, 3.05) is 0 Å². The Hall–Kier alpha value is -2.33. The quantitative estimate of drug-likeness (QED) is 0.881. The molecule has 0 aromatic heterocycles. The average Bonchev–Trinajstić information content (AvgIpc) is 2.39. The molecule has 98 valence electrons. The van der Waals surface area contributed by atoms with Gasteiger partial charge in [0.05, 0.1) is 5.56 Å². The molecule has 19 heavy (non-hydrogen) atoms. The standard InChI is InChI=1S/C15H16N2O2/c1-10-2-7-13(15(17)18)14(8-10)19-12-5-3-11(9-16)4-6-12/h2-8H,9,16H2,1H3,(H2,17,18). The zero-order chi connectivity index (χ0) is 13.8. The van der Waals surface area contributed by atoms with Crippen LogP contribution in [0.3, 0.4) is 0 Å². The first kappa shape index (κ1) is 13.1. The van der Waals surface area contributed by atoms with Crippen LogP contribution in [0.1, 0.15) is 21.5 Å². The van der Waals surface area contributed by atoms with Gasteiger partial charge in [0.25, 0.3) is 5.91 Å². The van der Waals surface area contributed by atoms with E-state index in [0.29, 0.717) is 23.6 Å². The second-order valence-corrected chi connectivity index (χ2v) is 4.31. The number of ether oxygens (including phenoxy) is 1. The smallest absolute Gasteiger partial charge is 0.252 e. The molecule has 4 heteroatoms. The molecular formula is C15H16N2O2. The molecule has 2 rings (SSSR count). The Kier molecular flexibility index (Phi) is 3.82. The number of rotatable bonds is 4. The highest BCUT2D eigenvalue weighted by atomic mass is 16.5. The molecule has 0 aliphatic carbocycles. The van der Waals surface area contributed by atoms with E-state index in [0.717, 1.165) is 11.1 Å². The summed E-state index contributed by atoms with van der Waals surface area (Å²) >= 11 is 0. The topological polar surface area (TPSA) is 78.3 Å². The van der Waals surface area contributed by atoms with Crippen molar-refractivity contribution in [1.82, 2.24) is 0 Å². The molecule has 0 fully saturated rings. The number of aryl methyl sites for hydroxylation is 1. The van der Waals surface area contributed by atoms with Crippen molar-refractivity contribution in [3.63, 3.8) is 0 Å². The van der Waals surface area contributed by atoms with Crippen LogP contribution in [-0.4, -0.2) is 5.91 Å². The van der Waals surface area contributed by atoms with Gasteiger partial charge in [-0.25, -0.2) is 0 Å². The molecule has 0 spiro atoms. The molecule has 2 aromatic carbocycles. The summed E-state index contributed by atoms with van der Waals surface area (Å²) in [6, 6.07) is 12.7. The summed E-state index contributed by atoms with van der Waals surface area (Å²) in [5.41, 5.74) is 13.3. The zero-order valence-electron chi connectivity index (χ0n) is 10.7. The Bertz CT molecular complexity index is 592. The van der Waals surface area contributed by atoms with Gasteiger partial charge in [0.15, 0.2) is 0 Å². The van der Waals surface area contributed by atoms with Gasteiger partial charge in [0.1, 0.15) is 11.5 Å². The van der Waals surface area contributed by atoms with Crippen molar-refractivity contribution in [3.05, 3.63) is 59.2 Å². The Labute approximate surface area is 112 Å².